The van der Waals surface area contributed by atoms with Crippen molar-refractivity contribution in [3.05, 3.63) is 0 Å². The van der Waals surface area contributed by atoms with Gasteiger partial charge in [0.05, 0.1) is 19.9 Å². The quantitative estimate of drug-likeness (QED) is 0.547. The Morgan fingerprint density at radius 1 is 1.25 bits per heavy atom. The van der Waals surface area contributed by atoms with Crippen molar-refractivity contribution >= 4 is 18.2 Å². The van der Waals surface area contributed by atoms with Gasteiger partial charge in [0.1, 0.15) is 0 Å². The molecule has 0 aromatic carbocycles. The molecule has 1 aliphatic carbocycles. The van der Waals surface area contributed by atoms with Gasteiger partial charge in [0.2, 0.25) is 0 Å². The van der Waals surface area contributed by atoms with Gasteiger partial charge in [-0.3, -0.25) is 4.18 Å². The first kappa shape index (κ1) is 14.2. The van der Waals surface area contributed by atoms with Crippen LogP contribution in [0.25, 0.3) is 0 Å². The van der Waals surface area contributed by atoms with Crippen LogP contribution in [0.3, 0.4) is 0 Å². The average Bonchev–Trinajstić information content (AvgIpc) is 2.79. The Bertz CT molecular complexity index is 340. The SMILES string of the molecule is CC[Si](CC)(CC)C1CC1(C)OS(C)(=O)=O. The number of hydrogen-bond acceptors (Lipinski definition) is 3. The van der Waals surface area contributed by atoms with Crippen molar-refractivity contribution in [3.63, 3.8) is 0 Å². The Hall–Kier alpha value is 0.127. The minimum absolute atomic E-state index is 0.387. The molecule has 0 radical (unpaired) electrons. The first-order valence-corrected chi connectivity index (χ1v) is 10.6. The highest BCUT2D eigenvalue weighted by Gasteiger charge is 2.62. The van der Waals surface area contributed by atoms with Crippen LogP contribution in [0, 0.1) is 0 Å². The predicted molar refractivity (Wildman–Crippen MR) is 69.9 cm³/mol. The first-order chi connectivity index (χ1) is 7.23. The van der Waals surface area contributed by atoms with Crippen molar-refractivity contribution in [2.45, 2.75) is 63.4 Å². The maximum absolute atomic E-state index is 11.2. The minimum Gasteiger partial charge on any atom is -0.264 e. The van der Waals surface area contributed by atoms with E-state index < -0.39 is 18.2 Å². The highest BCUT2D eigenvalue weighted by Crippen LogP contribution is 2.61. The van der Waals surface area contributed by atoms with E-state index in [4.69, 9.17) is 4.18 Å². The summed E-state index contributed by atoms with van der Waals surface area (Å²) in [6.07, 6.45) is 2.09. The van der Waals surface area contributed by atoms with Crippen LogP contribution in [0.1, 0.15) is 34.1 Å². The molecule has 0 heterocycles. The summed E-state index contributed by atoms with van der Waals surface area (Å²) in [6.45, 7) is 8.71. The van der Waals surface area contributed by atoms with E-state index in [1.54, 1.807) is 0 Å². The van der Waals surface area contributed by atoms with Gasteiger partial charge < -0.3 is 0 Å². The van der Waals surface area contributed by atoms with Crippen molar-refractivity contribution in [2.75, 3.05) is 6.26 Å². The van der Waals surface area contributed by atoms with Crippen molar-refractivity contribution in [1.82, 2.24) is 0 Å². The molecule has 0 N–H and O–H groups in total. The molecule has 1 saturated carbocycles. The Morgan fingerprint density at radius 3 is 2.00 bits per heavy atom. The van der Waals surface area contributed by atoms with Gasteiger partial charge in [-0.15, -0.1) is 0 Å². The van der Waals surface area contributed by atoms with Gasteiger partial charge in [-0.05, 0) is 18.9 Å². The fraction of sp³-hybridized carbons (Fsp3) is 1.00. The smallest absolute Gasteiger partial charge is 0.264 e. The lowest BCUT2D eigenvalue weighted by atomic mass is 10.4. The molecular formula is C11H24O3SSi. The highest BCUT2D eigenvalue weighted by molar-refractivity contribution is 7.86. The Morgan fingerprint density at radius 2 is 1.69 bits per heavy atom. The van der Waals surface area contributed by atoms with E-state index in [9.17, 15) is 8.42 Å². The molecule has 0 saturated heterocycles. The van der Waals surface area contributed by atoms with Crippen LogP contribution in [-0.2, 0) is 14.3 Å². The summed E-state index contributed by atoms with van der Waals surface area (Å²) >= 11 is 0. The monoisotopic (exact) mass is 264 g/mol. The summed E-state index contributed by atoms with van der Waals surface area (Å²) in [5.74, 6) is 0. The highest BCUT2D eigenvalue weighted by atomic mass is 32.2. The predicted octanol–water partition coefficient (Wildman–Crippen LogP) is 3.00. The van der Waals surface area contributed by atoms with Gasteiger partial charge in [-0.25, -0.2) is 0 Å². The average molecular weight is 264 g/mol. The number of rotatable bonds is 6. The van der Waals surface area contributed by atoms with Crippen LogP contribution in [0.15, 0.2) is 0 Å². The zero-order valence-corrected chi connectivity index (χ0v) is 12.9. The van der Waals surface area contributed by atoms with Crippen molar-refractivity contribution in [2.24, 2.45) is 0 Å². The molecule has 0 aliphatic heterocycles. The Balaban J connectivity index is 2.80. The van der Waals surface area contributed by atoms with Crippen LogP contribution < -0.4 is 0 Å². The molecule has 0 bridgehead atoms. The van der Waals surface area contributed by atoms with Gasteiger partial charge in [-0.2, -0.15) is 8.42 Å². The van der Waals surface area contributed by atoms with Gasteiger partial charge in [0, 0.05) is 0 Å². The lowest BCUT2D eigenvalue weighted by Crippen LogP contribution is -2.36. The third-order valence-electron chi connectivity index (χ3n) is 4.38. The van der Waals surface area contributed by atoms with Gasteiger partial charge in [0.15, 0.2) is 0 Å². The van der Waals surface area contributed by atoms with Gasteiger partial charge in [0.25, 0.3) is 10.1 Å². The minimum atomic E-state index is -3.31. The van der Waals surface area contributed by atoms with Gasteiger partial charge >= 0.3 is 0 Å². The maximum Gasteiger partial charge on any atom is 0.264 e. The molecule has 0 aromatic rings. The first-order valence-electron chi connectivity index (χ1n) is 6.13. The second kappa shape index (κ2) is 4.42. The molecule has 1 fully saturated rings. The second-order valence-corrected chi connectivity index (χ2v) is 12.4. The Kier molecular flexibility index (Phi) is 3.92. The van der Waals surface area contributed by atoms with E-state index in [-0.39, 0.29) is 5.60 Å². The molecule has 0 aromatic heterocycles. The summed E-state index contributed by atoms with van der Waals surface area (Å²) in [5.41, 5.74) is 0.136. The summed E-state index contributed by atoms with van der Waals surface area (Å²) in [7, 11) is -4.62. The molecule has 1 rings (SSSR count). The molecular weight excluding hydrogens is 240 g/mol. The van der Waals surface area contributed by atoms with Crippen LogP contribution in [0.4, 0.5) is 0 Å². The van der Waals surface area contributed by atoms with E-state index in [1.807, 2.05) is 6.92 Å². The summed E-state index contributed by atoms with van der Waals surface area (Å²) in [6, 6.07) is 3.69. The topological polar surface area (TPSA) is 43.4 Å². The standard InChI is InChI=1S/C11H24O3SSi/c1-6-16(7-2,8-3)10-9-11(10,4)14-15(5,12)13/h10H,6-9H2,1-5H3. The zero-order chi connectivity index (χ0) is 12.6. The fourth-order valence-electron chi connectivity index (χ4n) is 3.14. The lowest BCUT2D eigenvalue weighted by Gasteiger charge is -2.30. The largest absolute Gasteiger partial charge is 0.264 e. The molecule has 0 amide bonds. The summed E-state index contributed by atoms with van der Waals surface area (Å²) < 4.78 is 27.7. The van der Waals surface area contributed by atoms with Gasteiger partial charge in [-0.1, -0.05) is 38.9 Å². The Labute approximate surface area is 101 Å². The van der Waals surface area contributed by atoms with E-state index in [0.717, 1.165) is 12.7 Å². The molecule has 96 valence electrons. The molecule has 1 aliphatic rings. The normalized spacial score (nSPS) is 30.4. The molecule has 3 nitrogen and oxygen atoms in total. The van der Waals surface area contributed by atoms with Crippen LogP contribution in [0.5, 0.6) is 0 Å². The number of hydrogen-bond donors (Lipinski definition) is 0. The third-order valence-corrected chi connectivity index (χ3v) is 11.6. The summed E-state index contributed by atoms with van der Waals surface area (Å²) in [5, 5.41) is 0. The summed E-state index contributed by atoms with van der Waals surface area (Å²) in [4.78, 5) is 0. The van der Waals surface area contributed by atoms with E-state index in [2.05, 4.69) is 20.8 Å². The van der Waals surface area contributed by atoms with E-state index in [0.29, 0.717) is 5.54 Å². The molecule has 0 spiro atoms. The second-order valence-electron chi connectivity index (χ2n) is 5.28. The van der Waals surface area contributed by atoms with E-state index >= 15 is 0 Å². The lowest BCUT2D eigenvalue weighted by molar-refractivity contribution is 0.209. The van der Waals surface area contributed by atoms with Crippen LogP contribution in [-0.4, -0.2) is 28.3 Å². The van der Waals surface area contributed by atoms with Crippen molar-refractivity contribution in [3.8, 4) is 0 Å². The zero-order valence-electron chi connectivity index (χ0n) is 11.0. The van der Waals surface area contributed by atoms with Crippen LogP contribution >= 0.6 is 0 Å². The molecule has 16 heavy (non-hydrogen) atoms. The third kappa shape index (κ3) is 2.68. The fourth-order valence-corrected chi connectivity index (χ4v) is 9.27. The van der Waals surface area contributed by atoms with E-state index in [1.165, 1.54) is 18.1 Å². The maximum atomic E-state index is 11.2. The molecule has 2 atom stereocenters. The van der Waals surface area contributed by atoms with Crippen LogP contribution in [0.2, 0.25) is 23.7 Å². The van der Waals surface area contributed by atoms with Crippen molar-refractivity contribution < 1.29 is 12.6 Å². The van der Waals surface area contributed by atoms with Crippen molar-refractivity contribution in [1.29, 1.82) is 0 Å². The molecule has 5 heteroatoms. The molecule has 2 unspecified atom stereocenters.